The quantitative estimate of drug-likeness (QED) is 0.661. The van der Waals surface area contributed by atoms with E-state index in [1.807, 2.05) is 48.8 Å². The third kappa shape index (κ3) is 4.75. The monoisotopic (exact) mass is 382 g/mol. The van der Waals surface area contributed by atoms with E-state index in [-0.39, 0.29) is 0 Å². The van der Waals surface area contributed by atoms with Crippen molar-refractivity contribution in [2.75, 3.05) is 13.2 Å². The Morgan fingerprint density at radius 3 is 2.78 bits per heavy atom. The van der Waals surface area contributed by atoms with Crippen molar-refractivity contribution >= 4 is 11.6 Å². The van der Waals surface area contributed by atoms with Crippen LogP contribution in [-0.4, -0.2) is 39.3 Å². The number of nitrogens with one attached hydrogen (secondary N) is 1. The Bertz CT molecular complexity index is 844. The first-order valence-electron chi connectivity index (χ1n) is 9.30. The maximum Gasteiger partial charge on any atom is 0.0703 e. The van der Waals surface area contributed by atoms with E-state index in [9.17, 15) is 0 Å². The molecule has 140 valence electrons. The number of hydrogen-bond donors (Lipinski definition) is 1. The summed E-state index contributed by atoms with van der Waals surface area (Å²) in [6.45, 7) is 3.32. The Hall–Kier alpha value is -2.21. The highest BCUT2D eigenvalue weighted by atomic mass is 35.5. The second-order valence-corrected chi connectivity index (χ2v) is 7.34. The summed E-state index contributed by atoms with van der Waals surface area (Å²) in [7, 11) is 0. The molecule has 0 amide bonds. The van der Waals surface area contributed by atoms with Gasteiger partial charge in [0, 0.05) is 43.0 Å². The Balaban J connectivity index is 1.54. The standard InChI is InChI=1S/C21H23ClN4O/c22-18-8-6-16(7-9-18)21-17(12-24-25-21)13-26(15-20-5-3-11-27-20)14-19-4-1-2-10-23-19/h1-2,4,6-10,12,20H,3,5,11,13-15H2,(H,24,25). The van der Waals surface area contributed by atoms with Gasteiger partial charge in [0.25, 0.3) is 0 Å². The molecule has 1 aliphatic rings. The molecule has 0 aliphatic carbocycles. The molecule has 1 atom stereocenters. The van der Waals surface area contributed by atoms with Crippen LogP contribution < -0.4 is 0 Å². The molecule has 1 saturated heterocycles. The van der Waals surface area contributed by atoms with Crippen LogP contribution in [0.4, 0.5) is 0 Å². The van der Waals surface area contributed by atoms with Gasteiger partial charge >= 0.3 is 0 Å². The van der Waals surface area contributed by atoms with Crippen molar-refractivity contribution in [3.8, 4) is 11.3 Å². The van der Waals surface area contributed by atoms with Crippen LogP contribution in [0.3, 0.4) is 0 Å². The first-order valence-corrected chi connectivity index (χ1v) is 9.68. The van der Waals surface area contributed by atoms with Crippen molar-refractivity contribution < 1.29 is 4.74 Å². The van der Waals surface area contributed by atoms with Gasteiger partial charge in [0.1, 0.15) is 0 Å². The average Bonchev–Trinajstić information content (AvgIpc) is 3.35. The summed E-state index contributed by atoms with van der Waals surface area (Å²) in [5, 5.41) is 8.15. The summed E-state index contributed by atoms with van der Waals surface area (Å²) in [5.41, 5.74) is 4.34. The smallest absolute Gasteiger partial charge is 0.0703 e. The molecular weight excluding hydrogens is 360 g/mol. The fourth-order valence-electron chi connectivity index (χ4n) is 3.52. The Morgan fingerprint density at radius 1 is 1.15 bits per heavy atom. The molecule has 3 aromatic rings. The molecule has 1 fully saturated rings. The van der Waals surface area contributed by atoms with Gasteiger partial charge in [-0.3, -0.25) is 15.0 Å². The van der Waals surface area contributed by atoms with Crippen molar-refractivity contribution in [1.29, 1.82) is 0 Å². The molecule has 0 saturated carbocycles. The minimum absolute atomic E-state index is 0.291. The number of pyridine rings is 1. The van der Waals surface area contributed by atoms with Crippen LogP contribution in [0.25, 0.3) is 11.3 Å². The molecule has 3 heterocycles. The van der Waals surface area contributed by atoms with Crippen molar-refractivity contribution in [2.24, 2.45) is 0 Å². The fourth-order valence-corrected chi connectivity index (χ4v) is 3.65. The minimum Gasteiger partial charge on any atom is -0.377 e. The van der Waals surface area contributed by atoms with Crippen molar-refractivity contribution in [2.45, 2.75) is 32.0 Å². The molecule has 6 heteroatoms. The summed E-state index contributed by atoms with van der Waals surface area (Å²) in [5.74, 6) is 0. The lowest BCUT2D eigenvalue weighted by Crippen LogP contribution is -2.31. The summed E-state index contributed by atoms with van der Waals surface area (Å²) < 4.78 is 5.87. The van der Waals surface area contributed by atoms with Crippen LogP contribution in [0.5, 0.6) is 0 Å². The fraction of sp³-hybridized carbons (Fsp3) is 0.333. The Morgan fingerprint density at radius 2 is 2.04 bits per heavy atom. The maximum atomic E-state index is 6.03. The van der Waals surface area contributed by atoms with Gasteiger partial charge in [-0.25, -0.2) is 0 Å². The number of halogens is 1. The first kappa shape index (κ1) is 18.2. The highest BCUT2D eigenvalue weighted by Crippen LogP contribution is 2.25. The van der Waals surface area contributed by atoms with E-state index >= 15 is 0 Å². The number of H-pyrrole nitrogens is 1. The van der Waals surface area contributed by atoms with E-state index in [1.54, 1.807) is 0 Å². The van der Waals surface area contributed by atoms with E-state index in [1.165, 1.54) is 0 Å². The van der Waals surface area contributed by atoms with E-state index in [4.69, 9.17) is 16.3 Å². The zero-order valence-corrected chi connectivity index (χ0v) is 15.9. The van der Waals surface area contributed by atoms with E-state index in [0.29, 0.717) is 6.10 Å². The van der Waals surface area contributed by atoms with Gasteiger partial charge in [0.2, 0.25) is 0 Å². The second-order valence-electron chi connectivity index (χ2n) is 6.90. The third-order valence-electron chi connectivity index (χ3n) is 4.84. The second kappa shape index (κ2) is 8.65. The van der Waals surface area contributed by atoms with Gasteiger partial charge in [-0.05, 0) is 42.7 Å². The zero-order valence-electron chi connectivity index (χ0n) is 15.1. The van der Waals surface area contributed by atoms with Crippen LogP contribution in [0.15, 0.2) is 54.9 Å². The number of benzene rings is 1. The highest BCUT2D eigenvalue weighted by molar-refractivity contribution is 6.30. The average molecular weight is 383 g/mol. The van der Waals surface area contributed by atoms with E-state index < -0.39 is 0 Å². The van der Waals surface area contributed by atoms with Crippen molar-refractivity contribution in [1.82, 2.24) is 20.1 Å². The van der Waals surface area contributed by atoms with Crippen molar-refractivity contribution in [3.63, 3.8) is 0 Å². The first-order chi connectivity index (χ1) is 13.3. The number of rotatable bonds is 7. The molecule has 27 heavy (non-hydrogen) atoms. The number of hydrogen-bond acceptors (Lipinski definition) is 4. The molecule has 1 aliphatic heterocycles. The predicted molar refractivity (Wildman–Crippen MR) is 106 cm³/mol. The van der Waals surface area contributed by atoms with Crippen LogP contribution in [0.1, 0.15) is 24.1 Å². The van der Waals surface area contributed by atoms with Crippen molar-refractivity contribution in [3.05, 3.63) is 71.1 Å². The van der Waals surface area contributed by atoms with Gasteiger partial charge in [0.05, 0.1) is 23.7 Å². The largest absolute Gasteiger partial charge is 0.377 e. The summed E-state index contributed by atoms with van der Waals surface area (Å²) in [4.78, 5) is 6.88. The molecule has 2 aromatic heterocycles. The molecule has 0 spiro atoms. The molecule has 0 bridgehead atoms. The molecular formula is C21H23ClN4O. The normalized spacial score (nSPS) is 16.9. The third-order valence-corrected chi connectivity index (χ3v) is 5.09. The number of nitrogens with zero attached hydrogens (tertiary/aromatic N) is 3. The zero-order chi connectivity index (χ0) is 18.5. The number of aromatic amines is 1. The minimum atomic E-state index is 0.291. The van der Waals surface area contributed by atoms with Gasteiger partial charge in [-0.1, -0.05) is 29.8 Å². The Kier molecular flexibility index (Phi) is 5.82. The lowest BCUT2D eigenvalue weighted by Gasteiger charge is -2.25. The SMILES string of the molecule is Clc1ccc(-c2[nH]ncc2CN(Cc2ccccn2)CC2CCCO2)cc1. The predicted octanol–water partition coefficient (Wildman–Crippen LogP) is 4.31. The van der Waals surface area contributed by atoms with Crippen LogP contribution >= 0.6 is 11.6 Å². The molecule has 4 rings (SSSR count). The lowest BCUT2D eigenvalue weighted by atomic mass is 10.1. The topological polar surface area (TPSA) is 54.0 Å². The number of ether oxygens (including phenoxy) is 1. The maximum absolute atomic E-state index is 6.03. The van der Waals surface area contributed by atoms with Crippen LogP contribution in [0, 0.1) is 0 Å². The molecule has 1 aromatic carbocycles. The van der Waals surface area contributed by atoms with E-state index in [0.717, 1.165) is 66.6 Å². The number of aromatic nitrogens is 3. The molecule has 0 radical (unpaired) electrons. The highest BCUT2D eigenvalue weighted by Gasteiger charge is 2.21. The van der Waals surface area contributed by atoms with Gasteiger partial charge < -0.3 is 4.74 Å². The molecule has 1 N–H and O–H groups in total. The van der Waals surface area contributed by atoms with Crippen LogP contribution in [-0.2, 0) is 17.8 Å². The Labute approximate surface area is 164 Å². The summed E-state index contributed by atoms with van der Waals surface area (Å²) in [6.07, 6.45) is 6.30. The summed E-state index contributed by atoms with van der Waals surface area (Å²) >= 11 is 6.03. The molecule has 5 nitrogen and oxygen atoms in total. The lowest BCUT2D eigenvalue weighted by molar-refractivity contribution is 0.0675. The molecule has 1 unspecified atom stereocenters. The van der Waals surface area contributed by atoms with Crippen LogP contribution in [0.2, 0.25) is 5.02 Å². The van der Waals surface area contributed by atoms with Gasteiger partial charge in [-0.15, -0.1) is 0 Å². The van der Waals surface area contributed by atoms with E-state index in [2.05, 4.69) is 26.1 Å². The van der Waals surface area contributed by atoms with Gasteiger partial charge in [-0.2, -0.15) is 5.10 Å². The summed E-state index contributed by atoms with van der Waals surface area (Å²) in [6, 6.07) is 13.9. The van der Waals surface area contributed by atoms with Gasteiger partial charge in [0.15, 0.2) is 0 Å².